The average Bonchev–Trinajstić information content (AvgIpc) is 2.83. The van der Waals surface area contributed by atoms with Gasteiger partial charge >= 0.3 is 0 Å². The molecule has 2 rings (SSSR count). The molecule has 0 atom stereocenters. The number of hydrogen-bond donors (Lipinski definition) is 1. The maximum atomic E-state index is 11.8. The van der Waals surface area contributed by atoms with Crippen LogP contribution in [-0.2, 0) is 0 Å². The first-order valence-corrected chi connectivity index (χ1v) is 5.35. The standard InChI is InChI=1S/C10H5N5OS/c11-4-6(5-12)13-10(16)7-2-1-3-8-9(7)17-15-14-8/h1-3,6H,(H,13,16). The van der Waals surface area contributed by atoms with Gasteiger partial charge in [0, 0.05) is 0 Å². The lowest BCUT2D eigenvalue weighted by atomic mass is 10.2. The normalized spacial score (nSPS) is 9.82. The van der Waals surface area contributed by atoms with E-state index in [4.69, 9.17) is 10.5 Å². The molecule has 82 valence electrons. The summed E-state index contributed by atoms with van der Waals surface area (Å²) in [7, 11) is 0. The Balaban J connectivity index is 2.35. The molecule has 6 nitrogen and oxygen atoms in total. The number of benzene rings is 1. The molecule has 0 fully saturated rings. The number of hydrogen-bond acceptors (Lipinski definition) is 6. The van der Waals surface area contributed by atoms with Gasteiger partial charge in [0.2, 0.25) is 6.04 Å². The van der Waals surface area contributed by atoms with Crippen LogP contribution in [0.2, 0.25) is 0 Å². The lowest BCUT2D eigenvalue weighted by Crippen LogP contribution is -2.32. The summed E-state index contributed by atoms with van der Waals surface area (Å²) in [5.74, 6) is -0.477. The van der Waals surface area contributed by atoms with E-state index in [9.17, 15) is 4.79 Å². The van der Waals surface area contributed by atoms with Crippen LogP contribution in [0.5, 0.6) is 0 Å². The zero-order valence-corrected chi connectivity index (χ0v) is 9.23. The Morgan fingerprint density at radius 2 is 2.18 bits per heavy atom. The van der Waals surface area contributed by atoms with Gasteiger partial charge in [-0.25, -0.2) is 0 Å². The van der Waals surface area contributed by atoms with Crippen LogP contribution in [0.4, 0.5) is 0 Å². The van der Waals surface area contributed by atoms with Gasteiger partial charge in [0.05, 0.1) is 10.3 Å². The number of carbonyl (C=O) groups excluding carboxylic acids is 1. The van der Waals surface area contributed by atoms with E-state index in [1.54, 1.807) is 30.3 Å². The van der Waals surface area contributed by atoms with Crippen LogP contribution < -0.4 is 5.32 Å². The van der Waals surface area contributed by atoms with Crippen molar-refractivity contribution in [3.05, 3.63) is 23.8 Å². The van der Waals surface area contributed by atoms with E-state index in [1.165, 1.54) is 0 Å². The molecule has 7 heteroatoms. The molecular formula is C10H5N5OS. The SMILES string of the molecule is N#CC(C#N)NC(=O)c1cccc2nnsc12. The van der Waals surface area contributed by atoms with Crippen molar-refractivity contribution in [2.45, 2.75) is 6.04 Å². The van der Waals surface area contributed by atoms with Crippen molar-refractivity contribution in [2.75, 3.05) is 0 Å². The van der Waals surface area contributed by atoms with Gasteiger partial charge in [-0.3, -0.25) is 4.79 Å². The summed E-state index contributed by atoms with van der Waals surface area (Å²) >= 11 is 1.10. The molecule has 1 aromatic heterocycles. The Hall–Kier alpha value is -2.51. The highest BCUT2D eigenvalue weighted by Crippen LogP contribution is 2.20. The third-order valence-electron chi connectivity index (χ3n) is 2.05. The van der Waals surface area contributed by atoms with Gasteiger partial charge in [-0.15, -0.1) is 5.10 Å². The molecule has 0 aliphatic heterocycles. The third kappa shape index (κ3) is 2.05. The van der Waals surface area contributed by atoms with Crippen LogP contribution in [0.15, 0.2) is 18.2 Å². The minimum absolute atomic E-state index is 0.369. The van der Waals surface area contributed by atoms with E-state index in [2.05, 4.69) is 14.9 Å². The number of aromatic nitrogens is 2. The molecule has 17 heavy (non-hydrogen) atoms. The molecular weight excluding hydrogens is 238 g/mol. The van der Waals surface area contributed by atoms with E-state index < -0.39 is 11.9 Å². The first kappa shape index (κ1) is 11.0. The topological polar surface area (TPSA) is 102 Å². The first-order valence-electron chi connectivity index (χ1n) is 4.57. The fourth-order valence-electron chi connectivity index (χ4n) is 1.29. The highest BCUT2D eigenvalue weighted by atomic mass is 32.1. The minimum atomic E-state index is -1.15. The highest BCUT2D eigenvalue weighted by molar-refractivity contribution is 7.13. The van der Waals surface area contributed by atoms with Crippen molar-refractivity contribution in [2.24, 2.45) is 0 Å². The monoisotopic (exact) mass is 243 g/mol. The van der Waals surface area contributed by atoms with Crippen LogP contribution in [0.25, 0.3) is 10.2 Å². The van der Waals surface area contributed by atoms with Crippen molar-refractivity contribution in [3.8, 4) is 12.1 Å². The molecule has 0 aliphatic rings. The van der Waals surface area contributed by atoms with E-state index in [-0.39, 0.29) is 0 Å². The largest absolute Gasteiger partial charge is 0.325 e. The Labute approximate surface area is 100 Å². The summed E-state index contributed by atoms with van der Waals surface area (Å²) in [6.45, 7) is 0. The second kappa shape index (κ2) is 4.56. The number of nitrogens with zero attached hydrogens (tertiary/aromatic N) is 4. The van der Waals surface area contributed by atoms with Crippen molar-refractivity contribution in [1.29, 1.82) is 10.5 Å². The molecule has 0 bridgehead atoms. The van der Waals surface area contributed by atoms with E-state index in [1.807, 2.05) is 0 Å². The number of nitrogens with one attached hydrogen (secondary N) is 1. The molecule has 1 aromatic carbocycles. The van der Waals surface area contributed by atoms with E-state index >= 15 is 0 Å². The van der Waals surface area contributed by atoms with Gasteiger partial charge in [0.25, 0.3) is 5.91 Å². The van der Waals surface area contributed by atoms with Gasteiger partial charge < -0.3 is 5.32 Å². The van der Waals surface area contributed by atoms with Crippen molar-refractivity contribution >= 4 is 27.7 Å². The van der Waals surface area contributed by atoms with E-state index in [0.29, 0.717) is 15.8 Å². The fourth-order valence-corrected chi connectivity index (χ4v) is 1.96. The average molecular weight is 243 g/mol. The van der Waals surface area contributed by atoms with Gasteiger partial charge in [0.15, 0.2) is 0 Å². The summed E-state index contributed by atoms with van der Waals surface area (Å²) < 4.78 is 4.38. The lowest BCUT2D eigenvalue weighted by molar-refractivity contribution is 0.0953. The van der Waals surface area contributed by atoms with Crippen molar-refractivity contribution < 1.29 is 4.79 Å². The zero-order valence-electron chi connectivity index (χ0n) is 8.41. The second-order valence-electron chi connectivity index (χ2n) is 3.09. The molecule has 0 saturated heterocycles. The van der Waals surface area contributed by atoms with Gasteiger partial charge in [0.1, 0.15) is 17.7 Å². The number of nitriles is 2. The Bertz CT molecular complexity index is 636. The number of fused-ring (bicyclic) bond motifs is 1. The molecule has 1 N–H and O–H groups in total. The minimum Gasteiger partial charge on any atom is -0.325 e. The zero-order chi connectivity index (χ0) is 12.3. The van der Waals surface area contributed by atoms with E-state index in [0.717, 1.165) is 11.5 Å². The number of rotatable bonds is 2. The molecule has 0 unspecified atom stereocenters. The van der Waals surface area contributed by atoms with Crippen LogP contribution >= 0.6 is 11.5 Å². The molecule has 0 radical (unpaired) electrons. The van der Waals surface area contributed by atoms with Gasteiger partial charge in [-0.05, 0) is 23.7 Å². The maximum absolute atomic E-state index is 11.8. The molecule has 0 saturated carbocycles. The summed E-state index contributed by atoms with van der Waals surface area (Å²) in [4.78, 5) is 11.8. The van der Waals surface area contributed by atoms with Crippen LogP contribution in [0.3, 0.4) is 0 Å². The van der Waals surface area contributed by atoms with Crippen LogP contribution in [-0.4, -0.2) is 21.5 Å². The third-order valence-corrected chi connectivity index (χ3v) is 2.83. The van der Waals surface area contributed by atoms with Crippen LogP contribution in [0.1, 0.15) is 10.4 Å². The predicted octanol–water partition coefficient (Wildman–Crippen LogP) is 0.837. The van der Waals surface area contributed by atoms with Gasteiger partial charge in [-0.1, -0.05) is 10.6 Å². The Kier molecular flexibility index (Phi) is 2.95. The maximum Gasteiger partial charge on any atom is 0.254 e. The summed E-state index contributed by atoms with van der Waals surface area (Å²) in [5.41, 5.74) is 0.987. The second-order valence-corrected chi connectivity index (χ2v) is 3.85. The van der Waals surface area contributed by atoms with Crippen molar-refractivity contribution in [1.82, 2.24) is 14.9 Å². The highest BCUT2D eigenvalue weighted by Gasteiger charge is 2.15. The smallest absolute Gasteiger partial charge is 0.254 e. The molecule has 1 heterocycles. The Morgan fingerprint density at radius 3 is 2.88 bits per heavy atom. The predicted molar refractivity (Wildman–Crippen MR) is 59.9 cm³/mol. The summed E-state index contributed by atoms with van der Waals surface area (Å²) in [5, 5.41) is 23.3. The fraction of sp³-hybridized carbons (Fsp3) is 0.100. The van der Waals surface area contributed by atoms with Gasteiger partial charge in [-0.2, -0.15) is 10.5 Å². The number of amides is 1. The first-order chi connectivity index (χ1) is 8.26. The number of carbonyl (C=O) groups is 1. The van der Waals surface area contributed by atoms with Crippen LogP contribution in [0, 0.1) is 22.7 Å². The molecule has 2 aromatic rings. The lowest BCUT2D eigenvalue weighted by Gasteiger charge is -2.04. The van der Waals surface area contributed by atoms with Crippen molar-refractivity contribution in [3.63, 3.8) is 0 Å². The quantitative estimate of drug-likeness (QED) is 0.841. The molecule has 1 amide bonds. The Morgan fingerprint density at radius 1 is 1.41 bits per heavy atom. The molecule has 0 spiro atoms. The molecule has 0 aliphatic carbocycles. The summed E-state index contributed by atoms with van der Waals surface area (Å²) in [6.07, 6.45) is 0. The summed E-state index contributed by atoms with van der Waals surface area (Å²) in [6, 6.07) is 7.20.